The van der Waals surface area contributed by atoms with Crippen molar-refractivity contribution in [1.29, 1.82) is 0 Å². The highest BCUT2D eigenvalue weighted by atomic mass is 32.2. The number of esters is 1. The van der Waals surface area contributed by atoms with E-state index in [1.807, 2.05) is 0 Å². The Morgan fingerprint density at radius 1 is 1.38 bits per heavy atom. The van der Waals surface area contributed by atoms with Gasteiger partial charge in [0, 0.05) is 0 Å². The van der Waals surface area contributed by atoms with Gasteiger partial charge in [-0.3, -0.25) is 9.89 Å². The van der Waals surface area contributed by atoms with Gasteiger partial charge < -0.3 is 10.1 Å². The Bertz CT molecular complexity index is 616. The van der Waals surface area contributed by atoms with Crippen molar-refractivity contribution in [2.75, 3.05) is 17.7 Å². The quantitative estimate of drug-likeness (QED) is 0.623. The van der Waals surface area contributed by atoms with E-state index in [-0.39, 0.29) is 18.3 Å². The molecule has 0 radical (unpaired) electrons. The minimum absolute atomic E-state index is 0.159. The van der Waals surface area contributed by atoms with Crippen LogP contribution in [0.1, 0.15) is 17.3 Å². The lowest BCUT2D eigenvalue weighted by atomic mass is 10.2. The van der Waals surface area contributed by atoms with E-state index in [1.54, 1.807) is 31.2 Å². The monoisotopic (exact) mass is 306 g/mol. The molecule has 0 aliphatic carbocycles. The zero-order chi connectivity index (χ0) is 15.1. The van der Waals surface area contributed by atoms with Crippen LogP contribution in [0.25, 0.3) is 0 Å². The Labute approximate surface area is 125 Å². The highest BCUT2D eigenvalue weighted by molar-refractivity contribution is 7.99. The summed E-state index contributed by atoms with van der Waals surface area (Å²) in [4.78, 5) is 27.6. The standard InChI is InChI=1S/C13H14N4O3S/c1-2-20-12(19)9-5-3-4-6-10(9)16-11(18)7-21-13-14-8-15-17-13/h3-6,8H,2,7H2,1H3,(H,16,18)(H,14,15,17). The van der Waals surface area contributed by atoms with Crippen molar-refractivity contribution < 1.29 is 14.3 Å². The summed E-state index contributed by atoms with van der Waals surface area (Å²) < 4.78 is 4.95. The number of aromatic nitrogens is 3. The largest absolute Gasteiger partial charge is 0.462 e. The van der Waals surface area contributed by atoms with Gasteiger partial charge in [0.15, 0.2) is 5.16 Å². The number of para-hydroxylation sites is 1. The van der Waals surface area contributed by atoms with Crippen molar-refractivity contribution in [3.63, 3.8) is 0 Å². The van der Waals surface area contributed by atoms with Crippen molar-refractivity contribution in [3.8, 4) is 0 Å². The molecule has 0 aliphatic rings. The minimum Gasteiger partial charge on any atom is -0.462 e. The lowest BCUT2D eigenvalue weighted by Gasteiger charge is -2.09. The fourth-order valence-corrected chi connectivity index (χ4v) is 2.14. The van der Waals surface area contributed by atoms with Crippen LogP contribution in [0.5, 0.6) is 0 Å². The summed E-state index contributed by atoms with van der Waals surface area (Å²) in [5.74, 6) is -0.545. The van der Waals surface area contributed by atoms with Gasteiger partial charge in [0.25, 0.3) is 0 Å². The molecule has 1 amide bonds. The minimum atomic E-state index is -0.462. The van der Waals surface area contributed by atoms with E-state index in [2.05, 4.69) is 20.5 Å². The Morgan fingerprint density at radius 2 is 2.19 bits per heavy atom. The Morgan fingerprint density at radius 3 is 2.90 bits per heavy atom. The van der Waals surface area contributed by atoms with Gasteiger partial charge in [0.2, 0.25) is 5.91 Å². The molecule has 1 heterocycles. The maximum Gasteiger partial charge on any atom is 0.340 e. The first-order chi connectivity index (χ1) is 10.2. The molecule has 0 unspecified atom stereocenters. The van der Waals surface area contributed by atoms with Gasteiger partial charge in [-0.15, -0.1) is 0 Å². The molecule has 21 heavy (non-hydrogen) atoms. The highest BCUT2D eigenvalue weighted by Crippen LogP contribution is 2.17. The third-order valence-electron chi connectivity index (χ3n) is 2.43. The predicted molar refractivity (Wildman–Crippen MR) is 78.1 cm³/mol. The number of amides is 1. The molecular weight excluding hydrogens is 292 g/mol. The van der Waals surface area contributed by atoms with Gasteiger partial charge in [-0.1, -0.05) is 23.9 Å². The second-order valence-corrected chi connectivity index (χ2v) is 4.86. The molecule has 0 bridgehead atoms. The van der Waals surface area contributed by atoms with Crippen molar-refractivity contribution in [2.45, 2.75) is 12.1 Å². The molecule has 0 saturated carbocycles. The fourth-order valence-electron chi connectivity index (χ4n) is 1.56. The predicted octanol–water partition coefficient (Wildman–Crippen LogP) is 1.71. The summed E-state index contributed by atoms with van der Waals surface area (Å²) in [5.41, 5.74) is 0.761. The second kappa shape index (κ2) is 7.44. The molecule has 0 saturated heterocycles. The van der Waals surface area contributed by atoms with Crippen molar-refractivity contribution >= 4 is 29.3 Å². The lowest BCUT2D eigenvalue weighted by Crippen LogP contribution is -2.17. The summed E-state index contributed by atoms with van der Waals surface area (Å²) >= 11 is 1.22. The second-order valence-electron chi connectivity index (χ2n) is 3.89. The fraction of sp³-hybridized carbons (Fsp3) is 0.231. The SMILES string of the molecule is CCOC(=O)c1ccccc1NC(=O)CSc1ncn[nH]1. The summed E-state index contributed by atoms with van der Waals surface area (Å²) in [7, 11) is 0. The average Bonchev–Trinajstić information content (AvgIpc) is 2.99. The van der Waals surface area contributed by atoms with Crippen LogP contribution in [0.2, 0.25) is 0 Å². The van der Waals surface area contributed by atoms with Crippen LogP contribution < -0.4 is 5.32 Å². The average molecular weight is 306 g/mol. The van der Waals surface area contributed by atoms with Crippen molar-refractivity contribution in [2.24, 2.45) is 0 Å². The van der Waals surface area contributed by atoms with Crippen LogP contribution in [0.3, 0.4) is 0 Å². The molecule has 2 rings (SSSR count). The molecular formula is C13H14N4O3S. The maximum atomic E-state index is 11.9. The molecule has 2 N–H and O–H groups in total. The van der Waals surface area contributed by atoms with E-state index in [9.17, 15) is 9.59 Å². The van der Waals surface area contributed by atoms with Gasteiger partial charge >= 0.3 is 5.97 Å². The number of carbonyl (C=O) groups excluding carboxylic acids is 2. The molecule has 110 valence electrons. The van der Waals surface area contributed by atoms with E-state index in [0.29, 0.717) is 16.4 Å². The first kappa shape index (κ1) is 15.0. The van der Waals surface area contributed by atoms with Gasteiger partial charge in [-0.05, 0) is 19.1 Å². The van der Waals surface area contributed by atoms with Crippen LogP contribution in [-0.2, 0) is 9.53 Å². The number of benzene rings is 1. The van der Waals surface area contributed by atoms with E-state index >= 15 is 0 Å². The molecule has 8 heteroatoms. The summed E-state index contributed by atoms with van der Waals surface area (Å²) in [6.07, 6.45) is 1.37. The Balaban J connectivity index is 1.98. The molecule has 0 aliphatic heterocycles. The van der Waals surface area contributed by atoms with E-state index in [4.69, 9.17) is 4.74 Å². The molecule has 0 fully saturated rings. The first-order valence-corrected chi connectivity index (χ1v) is 7.23. The molecule has 0 spiro atoms. The van der Waals surface area contributed by atoms with E-state index < -0.39 is 5.97 Å². The molecule has 7 nitrogen and oxygen atoms in total. The molecule has 1 aromatic heterocycles. The van der Waals surface area contributed by atoms with E-state index in [1.165, 1.54) is 18.1 Å². The smallest absolute Gasteiger partial charge is 0.340 e. The third kappa shape index (κ3) is 4.32. The number of aromatic amines is 1. The molecule has 2 aromatic rings. The Hall–Kier alpha value is -2.35. The number of thioether (sulfide) groups is 1. The molecule has 1 aromatic carbocycles. The summed E-state index contributed by atoms with van der Waals surface area (Å²) in [6.45, 7) is 2.01. The number of hydrogen-bond acceptors (Lipinski definition) is 6. The number of carbonyl (C=O) groups is 2. The van der Waals surface area contributed by atoms with Crippen LogP contribution >= 0.6 is 11.8 Å². The molecule has 0 atom stereocenters. The topological polar surface area (TPSA) is 97.0 Å². The van der Waals surface area contributed by atoms with Crippen molar-refractivity contribution in [3.05, 3.63) is 36.2 Å². The normalized spacial score (nSPS) is 10.1. The Kier molecular flexibility index (Phi) is 5.33. The zero-order valence-electron chi connectivity index (χ0n) is 11.3. The van der Waals surface area contributed by atoms with Gasteiger partial charge in [0.05, 0.1) is 23.6 Å². The first-order valence-electron chi connectivity index (χ1n) is 6.25. The lowest BCUT2D eigenvalue weighted by molar-refractivity contribution is -0.113. The number of anilines is 1. The van der Waals surface area contributed by atoms with Crippen LogP contribution in [0.15, 0.2) is 35.7 Å². The third-order valence-corrected chi connectivity index (χ3v) is 3.31. The van der Waals surface area contributed by atoms with Gasteiger partial charge in [-0.2, -0.15) is 5.10 Å². The number of nitrogens with one attached hydrogen (secondary N) is 2. The number of nitrogens with zero attached hydrogens (tertiary/aromatic N) is 2. The number of rotatable bonds is 6. The van der Waals surface area contributed by atoms with Gasteiger partial charge in [0.1, 0.15) is 6.33 Å². The van der Waals surface area contributed by atoms with Crippen LogP contribution in [0, 0.1) is 0 Å². The van der Waals surface area contributed by atoms with Crippen LogP contribution in [0.4, 0.5) is 5.69 Å². The van der Waals surface area contributed by atoms with E-state index in [0.717, 1.165) is 0 Å². The maximum absolute atomic E-state index is 11.9. The number of hydrogen-bond donors (Lipinski definition) is 2. The van der Waals surface area contributed by atoms with Crippen molar-refractivity contribution in [1.82, 2.24) is 15.2 Å². The number of H-pyrrole nitrogens is 1. The van der Waals surface area contributed by atoms with Crippen LogP contribution in [-0.4, -0.2) is 39.4 Å². The number of ether oxygens (including phenoxy) is 1. The zero-order valence-corrected chi connectivity index (χ0v) is 12.1. The van der Waals surface area contributed by atoms with Gasteiger partial charge in [-0.25, -0.2) is 9.78 Å². The summed E-state index contributed by atoms with van der Waals surface area (Å²) in [5, 5.41) is 9.59. The highest BCUT2D eigenvalue weighted by Gasteiger charge is 2.14. The summed E-state index contributed by atoms with van der Waals surface area (Å²) in [6, 6.07) is 6.72.